The molecule has 0 bridgehead atoms. The smallest absolute Gasteiger partial charge is 0.317 e. The molecular formula is C9H18N2O2. The van der Waals surface area contributed by atoms with Gasteiger partial charge in [-0.15, -0.1) is 0 Å². The molecule has 1 fully saturated rings. The summed E-state index contributed by atoms with van der Waals surface area (Å²) in [6.45, 7) is 7.05. The Morgan fingerprint density at radius 3 is 2.38 bits per heavy atom. The first-order chi connectivity index (χ1) is 6.00. The highest BCUT2D eigenvalue weighted by atomic mass is 16.3. The number of β-amino-alcohol motifs (C(OH)–C–C–N with tert-alkyl or cyclic N) is 1. The SMILES string of the molecule is CC(C)[C@@H](C)NC(=O)N1CC(O)C1. The van der Waals surface area contributed by atoms with E-state index in [1.54, 1.807) is 4.90 Å². The third-order valence-corrected chi connectivity index (χ3v) is 2.50. The highest BCUT2D eigenvalue weighted by molar-refractivity contribution is 5.75. The zero-order valence-electron chi connectivity index (χ0n) is 8.45. The van der Waals surface area contributed by atoms with Crippen molar-refractivity contribution in [2.24, 2.45) is 5.92 Å². The lowest BCUT2D eigenvalue weighted by Gasteiger charge is -2.36. The van der Waals surface area contributed by atoms with E-state index in [1.165, 1.54) is 0 Å². The molecule has 0 aliphatic carbocycles. The Kier molecular flexibility index (Phi) is 3.14. The number of urea groups is 1. The second-order valence-electron chi connectivity index (χ2n) is 4.04. The number of aliphatic hydroxyl groups is 1. The Morgan fingerprint density at radius 2 is 2.00 bits per heavy atom. The number of aliphatic hydroxyl groups excluding tert-OH is 1. The molecule has 0 aromatic heterocycles. The second kappa shape index (κ2) is 3.96. The zero-order chi connectivity index (χ0) is 10.0. The van der Waals surface area contributed by atoms with Crippen LogP contribution in [-0.2, 0) is 0 Å². The molecule has 1 aliphatic rings. The molecule has 4 nitrogen and oxygen atoms in total. The minimum atomic E-state index is -0.319. The standard InChI is InChI=1S/C9H18N2O2/c1-6(2)7(3)10-9(13)11-4-8(12)5-11/h6-8,12H,4-5H2,1-3H3,(H,10,13)/t7-/m1/s1. The number of hydrogen-bond donors (Lipinski definition) is 2. The first kappa shape index (κ1) is 10.3. The Balaban J connectivity index is 2.25. The van der Waals surface area contributed by atoms with Crippen molar-refractivity contribution < 1.29 is 9.90 Å². The van der Waals surface area contributed by atoms with Crippen molar-refractivity contribution >= 4 is 6.03 Å². The molecule has 2 amide bonds. The van der Waals surface area contributed by atoms with Gasteiger partial charge in [0.05, 0.1) is 19.2 Å². The molecule has 76 valence electrons. The van der Waals surface area contributed by atoms with Crippen molar-refractivity contribution in [3.8, 4) is 0 Å². The van der Waals surface area contributed by atoms with Gasteiger partial charge in [-0.25, -0.2) is 4.79 Å². The second-order valence-corrected chi connectivity index (χ2v) is 4.04. The first-order valence-electron chi connectivity index (χ1n) is 4.74. The van der Waals surface area contributed by atoms with Gasteiger partial charge in [0.15, 0.2) is 0 Å². The minimum Gasteiger partial charge on any atom is -0.389 e. The van der Waals surface area contributed by atoms with Crippen molar-refractivity contribution in [2.75, 3.05) is 13.1 Å². The van der Waals surface area contributed by atoms with Gasteiger partial charge in [-0.05, 0) is 12.8 Å². The molecule has 1 atom stereocenters. The average molecular weight is 186 g/mol. The van der Waals surface area contributed by atoms with E-state index in [2.05, 4.69) is 19.2 Å². The van der Waals surface area contributed by atoms with Crippen LogP contribution in [0.1, 0.15) is 20.8 Å². The maximum Gasteiger partial charge on any atom is 0.317 e. The van der Waals surface area contributed by atoms with Crippen LogP contribution in [-0.4, -0.2) is 41.3 Å². The number of carbonyl (C=O) groups excluding carboxylic acids is 1. The van der Waals surface area contributed by atoms with Gasteiger partial charge in [0, 0.05) is 6.04 Å². The van der Waals surface area contributed by atoms with Crippen LogP contribution < -0.4 is 5.32 Å². The van der Waals surface area contributed by atoms with E-state index < -0.39 is 0 Å². The molecule has 1 heterocycles. The fraction of sp³-hybridized carbons (Fsp3) is 0.889. The highest BCUT2D eigenvalue weighted by Crippen LogP contribution is 2.08. The number of hydrogen-bond acceptors (Lipinski definition) is 2. The third-order valence-electron chi connectivity index (χ3n) is 2.50. The Bertz CT molecular complexity index is 188. The van der Waals surface area contributed by atoms with E-state index in [-0.39, 0.29) is 18.2 Å². The average Bonchev–Trinajstić information content (AvgIpc) is 1.98. The van der Waals surface area contributed by atoms with Crippen LogP contribution in [0.15, 0.2) is 0 Å². The molecule has 1 saturated heterocycles. The molecule has 2 N–H and O–H groups in total. The largest absolute Gasteiger partial charge is 0.389 e. The topological polar surface area (TPSA) is 52.6 Å². The van der Waals surface area contributed by atoms with Crippen molar-refractivity contribution in [3.63, 3.8) is 0 Å². The predicted molar refractivity (Wildman–Crippen MR) is 50.4 cm³/mol. The summed E-state index contributed by atoms with van der Waals surface area (Å²) in [4.78, 5) is 13.0. The highest BCUT2D eigenvalue weighted by Gasteiger charge is 2.29. The Morgan fingerprint density at radius 1 is 1.46 bits per heavy atom. The van der Waals surface area contributed by atoms with Crippen LogP contribution in [0.3, 0.4) is 0 Å². The van der Waals surface area contributed by atoms with Crippen LogP contribution in [0.2, 0.25) is 0 Å². The molecule has 0 spiro atoms. The summed E-state index contributed by atoms with van der Waals surface area (Å²) in [6.07, 6.45) is -0.319. The number of amides is 2. The summed E-state index contributed by atoms with van der Waals surface area (Å²) in [5.74, 6) is 0.440. The number of rotatable bonds is 2. The van der Waals surface area contributed by atoms with Crippen molar-refractivity contribution in [1.29, 1.82) is 0 Å². The Labute approximate surface area is 78.9 Å². The molecule has 0 unspecified atom stereocenters. The van der Waals surface area contributed by atoms with Gasteiger partial charge in [0.1, 0.15) is 0 Å². The van der Waals surface area contributed by atoms with E-state index in [0.29, 0.717) is 19.0 Å². The zero-order valence-corrected chi connectivity index (χ0v) is 8.45. The van der Waals surface area contributed by atoms with E-state index in [9.17, 15) is 4.79 Å². The predicted octanol–water partition coefficient (Wildman–Crippen LogP) is 0.417. The minimum absolute atomic E-state index is 0.0634. The number of nitrogens with zero attached hydrogens (tertiary/aromatic N) is 1. The summed E-state index contributed by atoms with van der Waals surface area (Å²) >= 11 is 0. The molecule has 0 aromatic rings. The summed E-state index contributed by atoms with van der Waals surface area (Å²) in [6, 6.07) is 0.122. The van der Waals surface area contributed by atoms with Gasteiger partial charge in [-0.3, -0.25) is 0 Å². The van der Waals surface area contributed by atoms with Crippen LogP contribution in [0.25, 0.3) is 0 Å². The summed E-state index contributed by atoms with van der Waals surface area (Å²) in [5.41, 5.74) is 0. The fourth-order valence-corrected chi connectivity index (χ4v) is 1.07. The first-order valence-corrected chi connectivity index (χ1v) is 4.74. The van der Waals surface area contributed by atoms with E-state index in [4.69, 9.17) is 5.11 Å². The van der Waals surface area contributed by atoms with Gasteiger partial charge in [0.25, 0.3) is 0 Å². The molecular weight excluding hydrogens is 168 g/mol. The van der Waals surface area contributed by atoms with Gasteiger partial charge in [-0.1, -0.05) is 13.8 Å². The normalized spacial score (nSPS) is 19.9. The lowest BCUT2D eigenvalue weighted by atomic mass is 10.1. The molecule has 0 saturated carbocycles. The van der Waals surface area contributed by atoms with E-state index in [0.717, 1.165) is 0 Å². The van der Waals surface area contributed by atoms with Crippen LogP contribution in [0.4, 0.5) is 4.79 Å². The number of carbonyl (C=O) groups is 1. The fourth-order valence-electron chi connectivity index (χ4n) is 1.07. The lowest BCUT2D eigenvalue weighted by molar-refractivity contribution is 0.0255. The van der Waals surface area contributed by atoms with Crippen LogP contribution in [0.5, 0.6) is 0 Å². The third kappa shape index (κ3) is 2.59. The summed E-state index contributed by atoms with van der Waals surface area (Å²) in [5, 5.41) is 11.9. The Hall–Kier alpha value is -0.770. The molecule has 13 heavy (non-hydrogen) atoms. The van der Waals surface area contributed by atoms with E-state index >= 15 is 0 Å². The molecule has 4 heteroatoms. The number of likely N-dealkylation sites (tertiary alicyclic amines) is 1. The van der Waals surface area contributed by atoms with Gasteiger partial charge in [-0.2, -0.15) is 0 Å². The maximum atomic E-state index is 11.4. The molecule has 0 aromatic carbocycles. The van der Waals surface area contributed by atoms with Gasteiger partial charge < -0.3 is 15.3 Å². The monoisotopic (exact) mass is 186 g/mol. The van der Waals surface area contributed by atoms with Crippen molar-refractivity contribution in [1.82, 2.24) is 10.2 Å². The van der Waals surface area contributed by atoms with Crippen LogP contribution in [0, 0.1) is 5.92 Å². The van der Waals surface area contributed by atoms with Gasteiger partial charge >= 0.3 is 6.03 Å². The van der Waals surface area contributed by atoms with E-state index in [1.807, 2.05) is 6.92 Å². The number of nitrogens with one attached hydrogen (secondary N) is 1. The molecule has 1 aliphatic heterocycles. The summed E-state index contributed by atoms with van der Waals surface area (Å²) < 4.78 is 0. The lowest BCUT2D eigenvalue weighted by Crippen LogP contribution is -2.58. The summed E-state index contributed by atoms with van der Waals surface area (Å²) in [7, 11) is 0. The quantitative estimate of drug-likeness (QED) is 0.656. The van der Waals surface area contributed by atoms with Crippen molar-refractivity contribution in [3.05, 3.63) is 0 Å². The van der Waals surface area contributed by atoms with Crippen LogP contribution >= 0.6 is 0 Å². The van der Waals surface area contributed by atoms with Crippen molar-refractivity contribution in [2.45, 2.75) is 32.9 Å². The van der Waals surface area contributed by atoms with Gasteiger partial charge in [0.2, 0.25) is 0 Å². The molecule has 1 rings (SSSR count). The maximum absolute atomic E-state index is 11.4. The molecule has 0 radical (unpaired) electrons.